The molecule has 0 aliphatic carbocycles. The van der Waals surface area contributed by atoms with Crippen LogP contribution in [-0.2, 0) is 0 Å². The average molecular weight is 200 g/mol. The average Bonchev–Trinajstić information content (AvgIpc) is 2.16. The predicted octanol–water partition coefficient (Wildman–Crippen LogP) is 1.34. The van der Waals surface area contributed by atoms with Gasteiger partial charge in [0, 0.05) is 19.1 Å². The monoisotopic (exact) mass is 200 g/mol. The third-order valence-electron chi connectivity index (χ3n) is 1.97. The van der Waals surface area contributed by atoms with E-state index in [1.807, 2.05) is 13.8 Å². The first-order valence-corrected chi connectivity index (χ1v) is 5.45. The molecule has 0 saturated heterocycles. The molecule has 84 valence electrons. The molecule has 0 saturated carbocycles. The summed E-state index contributed by atoms with van der Waals surface area (Å²) < 4.78 is 0. The molecule has 0 spiro atoms. The maximum absolute atomic E-state index is 5.45. The maximum atomic E-state index is 5.45. The van der Waals surface area contributed by atoms with Gasteiger partial charge in [0.15, 0.2) is 0 Å². The zero-order valence-electron chi connectivity index (χ0n) is 9.88. The lowest BCUT2D eigenvalue weighted by molar-refractivity contribution is 0.410. The highest BCUT2D eigenvalue weighted by Crippen LogP contribution is 1.97. The van der Waals surface area contributed by atoms with E-state index in [2.05, 4.69) is 29.2 Å². The molecule has 0 amide bonds. The van der Waals surface area contributed by atoms with E-state index in [1.54, 1.807) is 0 Å². The molecule has 4 heteroatoms. The minimum atomic E-state index is 0.275. The number of nitrogens with zero attached hydrogens (tertiary/aromatic N) is 2. The highest BCUT2D eigenvalue weighted by molar-refractivity contribution is 5.79. The summed E-state index contributed by atoms with van der Waals surface area (Å²) in [6, 6.07) is 0.275. The van der Waals surface area contributed by atoms with Gasteiger partial charge in [-0.1, -0.05) is 13.3 Å². The molecule has 0 aromatic heterocycles. The van der Waals surface area contributed by atoms with Crippen molar-refractivity contribution in [3.8, 4) is 0 Å². The van der Waals surface area contributed by atoms with Gasteiger partial charge < -0.3 is 4.90 Å². The van der Waals surface area contributed by atoms with Gasteiger partial charge in [-0.05, 0) is 27.2 Å². The summed E-state index contributed by atoms with van der Waals surface area (Å²) in [5.74, 6) is 6.25. The second kappa shape index (κ2) is 7.62. The van der Waals surface area contributed by atoms with Crippen LogP contribution < -0.4 is 11.3 Å². The van der Waals surface area contributed by atoms with E-state index in [0.29, 0.717) is 0 Å². The second-order valence-corrected chi connectivity index (χ2v) is 3.62. The zero-order chi connectivity index (χ0) is 11.0. The van der Waals surface area contributed by atoms with Crippen molar-refractivity contribution in [3.63, 3.8) is 0 Å². The lowest BCUT2D eigenvalue weighted by Gasteiger charge is -2.24. The molecule has 0 radical (unpaired) electrons. The number of hydrazine groups is 1. The number of rotatable bonds is 5. The van der Waals surface area contributed by atoms with Crippen LogP contribution in [0, 0.1) is 0 Å². The van der Waals surface area contributed by atoms with E-state index in [-0.39, 0.29) is 6.04 Å². The standard InChI is InChI=1S/C10H24N4/c1-5-7-8-14(6-2)10(13-11)12-9(3)4/h9H,5-8,11H2,1-4H3,(H,12,13). The fourth-order valence-corrected chi connectivity index (χ4v) is 1.22. The summed E-state index contributed by atoms with van der Waals surface area (Å²) in [4.78, 5) is 6.60. The van der Waals surface area contributed by atoms with E-state index in [0.717, 1.165) is 19.0 Å². The topological polar surface area (TPSA) is 53.6 Å². The molecule has 0 bridgehead atoms. The molecule has 0 unspecified atom stereocenters. The second-order valence-electron chi connectivity index (χ2n) is 3.62. The number of aliphatic imine (C=N–C) groups is 1. The van der Waals surface area contributed by atoms with E-state index in [9.17, 15) is 0 Å². The number of nitrogens with one attached hydrogen (secondary N) is 1. The molecular formula is C10H24N4. The molecule has 0 atom stereocenters. The molecule has 3 N–H and O–H groups in total. The van der Waals surface area contributed by atoms with Crippen LogP contribution in [-0.4, -0.2) is 30.0 Å². The van der Waals surface area contributed by atoms with E-state index >= 15 is 0 Å². The maximum Gasteiger partial charge on any atom is 0.208 e. The third kappa shape index (κ3) is 5.07. The van der Waals surface area contributed by atoms with Crippen LogP contribution in [0.1, 0.15) is 40.5 Å². The van der Waals surface area contributed by atoms with E-state index < -0.39 is 0 Å². The number of hydrogen-bond donors (Lipinski definition) is 2. The molecule has 0 fully saturated rings. The predicted molar refractivity (Wildman–Crippen MR) is 62.0 cm³/mol. The van der Waals surface area contributed by atoms with Crippen molar-refractivity contribution in [2.45, 2.75) is 46.6 Å². The quantitative estimate of drug-likeness (QED) is 0.305. The highest BCUT2D eigenvalue weighted by Gasteiger charge is 2.07. The minimum Gasteiger partial charge on any atom is -0.342 e. The van der Waals surface area contributed by atoms with Gasteiger partial charge >= 0.3 is 0 Å². The zero-order valence-corrected chi connectivity index (χ0v) is 9.88. The lowest BCUT2D eigenvalue weighted by Crippen LogP contribution is -2.45. The summed E-state index contributed by atoms with van der Waals surface area (Å²) in [6.07, 6.45) is 2.36. The van der Waals surface area contributed by atoms with Crippen LogP contribution >= 0.6 is 0 Å². The smallest absolute Gasteiger partial charge is 0.208 e. The minimum absolute atomic E-state index is 0.275. The Kier molecular flexibility index (Phi) is 7.20. The van der Waals surface area contributed by atoms with Crippen molar-refractivity contribution in [3.05, 3.63) is 0 Å². The van der Waals surface area contributed by atoms with Crippen LogP contribution in [0.15, 0.2) is 4.99 Å². The number of hydrogen-bond acceptors (Lipinski definition) is 2. The van der Waals surface area contributed by atoms with Crippen LogP contribution in [0.25, 0.3) is 0 Å². The fraction of sp³-hybridized carbons (Fsp3) is 0.900. The van der Waals surface area contributed by atoms with Crippen molar-refractivity contribution in [1.29, 1.82) is 0 Å². The molecule has 0 aromatic rings. The van der Waals surface area contributed by atoms with Gasteiger partial charge in [0.1, 0.15) is 0 Å². The Morgan fingerprint density at radius 3 is 2.43 bits per heavy atom. The van der Waals surface area contributed by atoms with E-state index in [4.69, 9.17) is 5.84 Å². The number of nitrogens with two attached hydrogens (primary N) is 1. The molecule has 14 heavy (non-hydrogen) atoms. The summed E-state index contributed by atoms with van der Waals surface area (Å²) in [6.45, 7) is 10.3. The van der Waals surface area contributed by atoms with Crippen molar-refractivity contribution in [2.75, 3.05) is 13.1 Å². The SMILES string of the molecule is CCCCN(CC)C(=NC(C)C)NN. The van der Waals surface area contributed by atoms with Crippen molar-refractivity contribution in [2.24, 2.45) is 10.8 Å². The summed E-state index contributed by atoms with van der Waals surface area (Å²) in [7, 11) is 0. The summed E-state index contributed by atoms with van der Waals surface area (Å²) in [5, 5.41) is 0. The molecule has 0 heterocycles. The van der Waals surface area contributed by atoms with Gasteiger partial charge in [-0.3, -0.25) is 5.43 Å². The number of guanidine groups is 1. The molecule has 0 aliphatic heterocycles. The van der Waals surface area contributed by atoms with Crippen molar-refractivity contribution >= 4 is 5.96 Å². The van der Waals surface area contributed by atoms with Crippen LogP contribution in [0.2, 0.25) is 0 Å². The van der Waals surface area contributed by atoms with Crippen LogP contribution in [0.5, 0.6) is 0 Å². The molecule has 0 aromatic carbocycles. The Morgan fingerprint density at radius 1 is 1.43 bits per heavy atom. The first-order chi connectivity index (χ1) is 6.65. The van der Waals surface area contributed by atoms with Crippen LogP contribution in [0.3, 0.4) is 0 Å². The normalized spacial score (nSPS) is 12.0. The molecule has 0 aliphatic rings. The van der Waals surface area contributed by atoms with Gasteiger partial charge in [-0.25, -0.2) is 10.8 Å². The Bertz CT molecular complexity index is 166. The summed E-state index contributed by atoms with van der Waals surface area (Å²) in [5.41, 5.74) is 2.67. The lowest BCUT2D eigenvalue weighted by atomic mass is 10.3. The first-order valence-electron chi connectivity index (χ1n) is 5.45. The summed E-state index contributed by atoms with van der Waals surface area (Å²) >= 11 is 0. The molecular weight excluding hydrogens is 176 g/mol. The Balaban J connectivity index is 4.28. The van der Waals surface area contributed by atoms with Gasteiger partial charge in [0.25, 0.3) is 0 Å². The fourth-order valence-electron chi connectivity index (χ4n) is 1.22. The number of unbranched alkanes of at least 4 members (excludes halogenated alkanes) is 1. The Morgan fingerprint density at radius 2 is 2.07 bits per heavy atom. The van der Waals surface area contributed by atoms with Gasteiger partial charge in [-0.2, -0.15) is 0 Å². The van der Waals surface area contributed by atoms with Crippen molar-refractivity contribution in [1.82, 2.24) is 10.3 Å². The van der Waals surface area contributed by atoms with Crippen molar-refractivity contribution < 1.29 is 0 Å². The Labute approximate surface area is 87.5 Å². The largest absolute Gasteiger partial charge is 0.342 e. The molecule has 4 nitrogen and oxygen atoms in total. The first kappa shape index (κ1) is 13.2. The van der Waals surface area contributed by atoms with Gasteiger partial charge in [0.05, 0.1) is 0 Å². The van der Waals surface area contributed by atoms with Gasteiger partial charge in [0.2, 0.25) is 5.96 Å². The highest BCUT2D eigenvalue weighted by atomic mass is 15.4. The van der Waals surface area contributed by atoms with E-state index in [1.165, 1.54) is 12.8 Å². The Hall–Kier alpha value is -0.770. The van der Waals surface area contributed by atoms with Gasteiger partial charge in [-0.15, -0.1) is 0 Å². The van der Waals surface area contributed by atoms with Crippen LogP contribution in [0.4, 0.5) is 0 Å². The third-order valence-corrected chi connectivity index (χ3v) is 1.97. The molecule has 0 rings (SSSR count).